The molecule has 132 valence electrons. The van der Waals surface area contributed by atoms with E-state index in [2.05, 4.69) is 14.9 Å². The van der Waals surface area contributed by atoms with Gasteiger partial charge in [0.2, 0.25) is 5.91 Å². The van der Waals surface area contributed by atoms with Crippen LogP contribution in [0.3, 0.4) is 0 Å². The van der Waals surface area contributed by atoms with Crippen molar-refractivity contribution >= 4 is 23.3 Å². The first-order valence-electron chi connectivity index (χ1n) is 7.61. The lowest BCUT2D eigenvalue weighted by molar-refractivity contribution is -0.138. The number of nitrogens with one attached hydrogen (secondary N) is 1. The summed E-state index contributed by atoms with van der Waals surface area (Å²) in [4.78, 5) is 22.6. The molecular formula is C17H25N3O4. The van der Waals surface area contributed by atoms with Crippen molar-refractivity contribution < 1.29 is 19.4 Å². The highest BCUT2D eigenvalue weighted by Gasteiger charge is 2.10. The Hall–Kier alpha value is -2.57. The molecule has 0 aliphatic heterocycles. The van der Waals surface area contributed by atoms with Gasteiger partial charge in [-0.2, -0.15) is 5.10 Å². The maximum absolute atomic E-state index is 11.5. The second-order valence-electron chi connectivity index (χ2n) is 6.51. The molecule has 0 fully saturated rings. The van der Waals surface area contributed by atoms with E-state index >= 15 is 0 Å². The zero-order valence-corrected chi connectivity index (χ0v) is 14.8. The Morgan fingerprint density at radius 1 is 1.38 bits per heavy atom. The van der Waals surface area contributed by atoms with E-state index in [1.165, 1.54) is 0 Å². The van der Waals surface area contributed by atoms with Gasteiger partial charge in [-0.05, 0) is 32.9 Å². The van der Waals surface area contributed by atoms with Gasteiger partial charge >= 0.3 is 0 Å². The van der Waals surface area contributed by atoms with Crippen LogP contribution in [0, 0.1) is 0 Å². The number of H-pyrrole nitrogens is 1. The maximum Gasteiger partial charge on any atom is 0.293 e. The third-order valence-corrected chi connectivity index (χ3v) is 3.10. The summed E-state index contributed by atoms with van der Waals surface area (Å²) in [5.74, 6) is 0.289. The SMILES string of the molecule is CC(C)(C)OC=O.CN(C)C(=O)CCc1n[nH]c2cc(O)ccc12. The van der Waals surface area contributed by atoms with Crippen molar-refractivity contribution in [1.29, 1.82) is 0 Å². The highest BCUT2D eigenvalue weighted by molar-refractivity contribution is 5.83. The number of phenolic OH excluding ortho intramolecular Hbond substituents is 1. The minimum absolute atomic E-state index is 0.0833. The molecule has 0 atom stereocenters. The van der Waals surface area contributed by atoms with Crippen molar-refractivity contribution in [2.45, 2.75) is 39.2 Å². The molecule has 0 radical (unpaired) electrons. The molecule has 0 saturated carbocycles. The Morgan fingerprint density at radius 3 is 2.54 bits per heavy atom. The number of nitrogens with zero attached hydrogens (tertiary/aromatic N) is 2. The van der Waals surface area contributed by atoms with Crippen molar-refractivity contribution in [2.75, 3.05) is 14.1 Å². The van der Waals surface area contributed by atoms with E-state index in [-0.39, 0.29) is 17.3 Å². The maximum atomic E-state index is 11.5. The van der Waals surface area contributed by atoms with E-state index in [9.17, 15) is 14.7 Å². The summed E-state index contributed by atoms with van der Waals surface area (Å²) in [6, 6.07) is 5.05. The zero-order chi connectivity index (χ0) is 18.3. The van der Waals surface area contributed by atoms with Crippen molar-refractivity contribution in [3.05, 3.63) is 23.9 Å². The molecule has 2 aromatic rings. The van der Waals surface area contributed by atoms with Gasteiger partial charge in [-0.25, -0.2) is 0 Å². The van der Waals surface area contributed by atoms with Crippen LogP contribution >= 0.6 is 0 Å². The van der Waals surface area contributed by atoms with Gasteiger partial charge < -0.3 is 14.7 Å². The van der Waals surface area contributed by atoms with Gasteiger partial charge in [0.05, 0.1) is 11.2 Å². The molecule has 0 saturated heterocycles. The Labute approximate surface area is 141 Å². The summed E-state index contributed by atoms with van der Waals surface area (Å²) in [6.07, 6.45) is 1.04. The molecule has 1 aromatic carbocycles. The molecule has 2 N–H and O–H groups in total. The number of phenols is 1. The summed E-state index contributed by atoms with van der Waals surface area (Å²) < 4.78 is 4.55. The summed E-state index contributed by atoms with van der Waals surface area (Å²) in [5, 5.41) is 17.3. The second kappa shape index (κ2) is 8.33. The van der Waals surface area contributed by atoms with E-state index < -0.39 is 0 Å². The Bertz CT molecular complexity index is 687. The Kier molecular flexibility index (Phi) is 6.76. The third kappa shape index (κ3) is 6.28. The molecule has 1 aromatic heterocycles. The smallest absolute Gasteiger partial charge is 0.293 e. The lowest BCUT2D eigenvalue weighted by Gasteiger charge is -2.14. The lowest BCUT2D eigenvalue weighted by Crippen LogP contribution is -2.21. The van der Waals surface area contributed by atoms with Gasteiger partial charge in [0.1, 0.15) is 11.4 Å². The van der Waals surface area contributed by atoms with Crippen LogP contribution < -0.4 is 0 Å². The van der Waals surface area contributed by atoms with E-state index in [0.29, 0.717) is 19.3 Å². The van der Waals surface area contributed by atoms with Crippen LogP contribution in [0.5, 0.6) is 5.75 Å². The minimum Gasteiger partial charge on any atom is -0.508 e. The average molecular weight is 335 g/mol. The predicted molar refractivity (Wildman–Crippen MR) is 91.7 cm³/mol. The normalized spacial score (nSPS) is 10.7. The van der Waals surface area contributed by atoms with Gasteiger partial charge in [-0.15, -0.1) is 0 Å². The number of hydrogen-bond donors (Lipinski definition) is 2. The minimum atomic E-state index is -0.318. The number of aromatic amines is 1. The number of aryl methyl sites for hydroxylation is 1. The summed E-state index contributed by atoms with van der Waals surface area (Å²) in [6.45, 7) is 5.92. The zero-order valence-electron chi connectivity index (χ0n) is 14.8. The number of amides is 1. The van der Waals surface area contributed by atoms with Gasteiger partial charge in [0.25, 0.3) is 6.47 Å². The van der Waals surface area contributed by atoms with Gasteiger partial charge in [-0.3, -0.25) is 14.7 Å². The average Bonchev–Trinajstić information content (AvgIpc) is 2.86. The number of benzene rings is 1. The molecule has 7 heteroatoms. The van der Waals surface area contributed by atoms with E-state index in [0.717, 1.165) is 16.6 Å². The fraction of sp³-hybridized carbons (Fsp3) is 0.471. The molecule has 0 aliphatic rings. The van der Waals surface area contributed by atoms with Crippen LogP contribution in [0.1, 0.15) is 32.9 Å². The molecule has 0 aliphatic carbocycles. The first-order valence-corrected chi connectivity index (χ1v) is 7.61. The number of fused-ring (bicyclic) bond motifs is 1. The molecule has 1 amide bonds. The molecule has 0 unspecified atom stereocenters. The fourth-order valence-electron chi connectivity index (χ4n) is 1.85. The van der Waals surface area contributed by atoms with E-state index in [1.807, 2.05) is 26.8 Å². The summed E-state index contributed by atoms with van der Waals surface area (Å²) >= 11 is 0. The third-order valence-electron chi connectivity index (χ3n) is 3.10. The number of ether oxygens (including phenoxy) is 1. The number of carbonyl (C=O) groups excluding carboxylic acids is 2. The van der Waals surface area contributed by atoms with Crippen LogP contribution in [0.25, 0.3) is 10.9 Å². The molecule has 7 nitrogen and oxygen atoms in total. The molecule has 0 bridgehead atoms. The molecular weight excluding hydrogens is 310 g/mol. The Morgan fingerprint density at radius 2 is 2.04 bits per heavy atom. The predicted octanol–water partition coefficient (Wildman–Crippen LogP) is 2.25. The van der Waals surface area contributed by atoms with Crippen LogP contribution in [-0.4, -0.2) is 52.3 Å². The lowest BCUT2D eigenvalue weighted by atomic mass is 10.1. The van der Waals surface area contributed by atoms with Crippen molar-refractivity contribution in [2.24, 2.45) is 0 Å². The number of rotatable bonds is 4. The highest BCUT2D eigenvalue weighted by Crippen LogP contribution is 2.21. The van der Waals surface area contributed by atoms with Crippen LogP contribution in [-0.2, 0) is 20.7 Å². The molecule has 0 spiro atoms. The second-order valence-corrected chi connectivity index (χ2v) is 6.51. The van der Waals surface area contributed by atoms with Crippen LogP contribution in [0.2, 0.25) is 0 Å². The number of carbonyl (C=O) groups is 2. The summed E-state index contributed by atoms with van der Waals surface area (Å²) in [5.41, 5.74) is 1.33. The number of aromatic nitrogens is 2. The first-order chi connectivity index (χ1) is 11.1. The largest absolute Gasteiger partial charge is 0.508 e. The molecule has 1 heterocycles. The van der Waals surface area contributed by atoms with Gasteiger partial charge in [0.15, 0.2) is 0 Å². The van der Waals surface area contributed by atoms with Crippen molar-refractivity contribution in [3.63, 3.8) is 0 Å². The van der Waals surface area contributed by atoms with E-state index in [1.54, 1.807) is 31.1 Å². The monoisotopic (exact) mass is 335 g/mol. The van der Waals surface area contributed by atoms with Crippen LogP contribution in [0.4, 0.5) is 0 Å². The van der Waals surface area contributed by atoms with Crippen molar-refractivity contribution in [1.82, 2.24) is 15.1 Å². The van der Waals surface area contributed by atoms with Gasteiger partial charge in [0, 0.05) is 38.4 Å². The standard InChI is InChI=1S/C12H15N3O2.C5H10O2/c1-15(2)12(17)6-5-10-9-4-3-8(16)7-11(9)14-13-10;1-5(2,3)7-4-6/h3-4,7,16H,5-6H2,1-2H3,(H,13,14);4H,1-3H3. The van der Waals surface area contributed by atoms with E-state index in [4.69, 9.17) is 0 Å². The number of hydrogen-bond acceptors (Lipinski definition) is 5. The quantitative estimate of drug-likeness (QED) is 0.836. The van der Waals surface area contributed by atoms with Gasteiger partial charge in [-0.1, -0.05) is 0 Å². The highest BCUT2D eigenvalue weighted by atomic mass is 16.5. The Balaban J connectivity index is 0.000000351. The number of aromatic hydroxyl groups is 1. The summed E-state index contributed by atoms with van der Waals surface area (Å²) in [7, 11) is 3.48. The molecule has 24 heavy (non-hydrogen) atoms. The van der Waals surface area contributed by atoms with Crippen molar-refractivity contribution in [3.8, 4) is 5.75 Å². The fourth-order valence-corrected chi connectivity index (χ4v) is 1.85. The first kappa shape index (κ1) is 19.5. The van der Waals surface area contributed by atoms with Crippen LogP contribution in [0.15, 0.2) is 18.2 Å². The molecule has 2 rings (SSSR count). The topological polar surface area (TPSA) is 95.5 Å².